The molecule has 7 aromatic rings. The van der Waals surface area contributed by atoms with E-state index in [-0.39, 0.29) is 73.1 Å². The fraction of sp³-hybridized carbons (Fsp3) is 0.381. The van der Waals surface area contributed by atoms with Gasteiger partial charge in [-0.2, -0.15) is 10.2 Å². The first-order valence-corrected chi connectivity index (χ1v) is 41.0. The highest BCUT2D eigenvalue weighted by Gasteiger charge is 2.52. The highest BCUT2D eigenvalue weighted by Crippen LogP contribution is 2.50. The van der Waals surface area contributed by atoms with Gasteiger partial charge in [-0.15, -0.1) is 0 Å². The molecule has 14 rings (SSSR count). The molecule has 127 heavy (non-hydrogen) atoms. The Morgan fingerprint density at radius 2 is 1.39 bits per heavy atom. The maximum Gasteiger partial charge on any atom is 0.349 e. The number of benzene rings is 6. The molecular weight excluding hydrogens is 1730 g/mol. The minimum Gasteiger partial charge on any atom is -0.508 e. The molecule has 8 heterocycles. The number of rotatable bonds is 23. The first-order chi connectivity index (χ1) is 60.4. The van der Waals surface area contributed by atoms with Crippen molar-refractivity contribution >= 4 is 99.9 Å². The van der Waals surface area contributed by atoms with Gasteiger partial charge in [0.15, 0.2) is 23.9 Å². The van der Waals surface area contributed by atoms with E-state index < -0.39 is 254 Å². The molecule has 2 saturated heterocycles. The van der Waals surface area contributed by atoms with Crippen LogP contribution in [0.2, 0.25) is 15.1 Å². The van der Waals surface area contributed by atoms with Gasteiger partial charge in [-0.3, -0.25) is 53.1 Å². The van der Waals surface area contributed by atoms with Crippen LogP contribution in [-0.4, -0.2) is 214 Å². The van der Waals surface area contributed by atoms with Gasteiger partial charge in [0.05, 0.1) is 47.4 Å². The van der Waals surface area contributed by atoms with Crippen LogP contribution >= 0.6 is 34.8 Å². The number of amides is 9. The first-order valence-electron chi connectivity index (χ1n) is 39.8. The molecule has 0 saturated carbocycles. The number of phenolic OH excluding ortho intramolecular Hbond substituents is 3. The number of aromatic hydroxyl groups is 3. The summed E-state index contributed by atoms with van der Waals surface area (Å²) in [6.07, 6.45) is -15.6. The Balaban J connectivity index is 0.997. The predicted molar refractivity (Wildman–Crippen MR) is 449 cm³/mol. The zero-order valence-corrected chi connectivity index (χ0v) is 70.6. The van der Waals surface area contributed by atoms with Crippen LogP contribution in [-0.2, 0) is 63.9 Å². The normalized spacial score (nSPS) is 25.7. The molecule has 40 nitrogen and oxygen atoms in total. The molecule has 0 unspecified atom stereocenters. The number of hydrogen-bond donors (Lipinski definition) is 21. The molecule has 7 aliphatic heterocycles. The lowest BCUT2D eigenvalue weighted by Crippen LogP contribution is -2.65. The number of nitriles is 1. The minimum atomic E-state index is -2.40. The molecule has 43 heteroatoms. The van der Waals surface area contributed by atoms with E-state index in [0.717, 1.165) is 66.7 Å². The van der Waals surface area contributed by atoms with Gasteiger partial charge in [0.1, 0.15) is 101 Å². The van der Waals surface area contributed by atoms with E-state index in [9.17, 15) is 75.2 Å². The number of hydrogen-bond acceptors (Lipinski definition) is 30. The van der Waals surface area contributed by atoms with E-state index in [4.69, 9.17) is 69.0 Å². The van der Waals surface area contributed by atoms with Crippen molar-refractivity contribution in [2.75, 3.05) is 32.1 Å². The van der Waals surface area contributed by atoms with E-state index in [2.05, 4.69) is 63.7 Å². The van der Waals surface area contributed by atoms with E-state index in [1.54, 1.807) is 31.2 Å². The Morgan fingerprint density at radius 1 is 0.740 bits per heavy atom. The number of aliphatic hydroxyl groups is 6. The number of phenols is 3. The first kappa shape index (κ1) is 94.0. The average Bonchev–Trinajstić information content (AvgIpc) is 0.767. The van der Waals surface area contributed by atoms with Gasteiger partial charge in [0, 0.05) is 72.5 Å². The van der Waals surface area contributed by atoms with Crippen LogP contribution in [0.3, 0.4) is 0 Å². The lowest BCUT2D eigenvalue weighted by atomic mass is 9.85. The SMILES string of the molecule is CN[C@H](CC(C)C)C(=O)N[C@H]1C(=O)N[C@@H](CC(N)=O)C(=O)N[C@H]2C(=O)N[C@H]3C(=O)N[C@H](C(=O)N[C@@H](C(=O)NNCCC#N)c4cc(O)cc(O)c4-c4cc3ccc4O)[C@H](O)c3ccc(c(Cl)c3)Oc3cc2cc(c3O[C@@H]2O[C@H](CO)[C@@H](O)[C@H](O)[C@H]2O[C@H]2C[C@](C)(NCCn3ccc(NC(=O)C=Cc4ccc(Cl)cc4)nc3=O)[C@H](O)[C@H](C)O2)Oc2ccc(cc2Cl)[C@H]1O. The second-order valence-corrected chi connectivity index (χ2v) is 32.5. The van der Waals surface area contributed by atoms with Crippen molar-refractivity contribution in [2.24, 2.45) is 11.7 Å². The Labute approximate surface area is 738 Å². The summed E-state index contributed by atoms with van der Waals surface area (Å²) in [4.78, 5) is 150. The van der Waals surface area contributed by atoms with Gasteiger partial charge in [-0.05, 0) is 145 Å². The lowest BCUT2D eigenvalue weighted by molar-refractivity contribution is -0.334. The topological polar surface area (TPSA) is 608 Å². The summed E-state index contributed by atoms with van der Waals surface area (Å²) in [7, 11) is 1.47. The van der Waals surface area contributed by atoms with E-state index in [1.165, 1.54) is 55.1 Å². The standard InChI is InChI=1S/C84H92Cl3N15O25/c1-36(2)25-49(90-5)75(114)99-66-68(109)40-11-16-53(47(86)27-40)123-55-29-42-30-56(72(55)127-82-73(71(112)70(111)57(35-103)125-82)126-61-34-84(4,74(113)37(3)122-61)91-22-24-102-23-19-59(95-83(102)121)94-60(108)18-9-38-7-13-43(85)14-8-38)124-54-17-12-41(28-48(54)87)69(110)67-80(119)98-65(81(120)101-92-21-6-20-88)46-31-44(104)32-52(106)62(46)45-26-39(10-15-51(45)105)63(77(116)100-67)97-78(117)64(42)96-76(115)50(33-58(89)107)93-79(66)118/h7-19,23,26-32,36-37,49-50,57,61,63-71,73-74,82,90-92,103-106,109-113H,6,21-22,24-25,33-35H2,1-5H3,(H2,89,107)(H,93,118)(H,96,115)(H,97,117)(H,98,119)(H,99,114)(H,100,116)(H,101,120)(H,94,95,108,121)/t37-,49+,50-,57+,61-,63+,64+,65+,66+,67-,68+,69+,70+,71-,73+,74+,82-,84-/m0/s1. The van der Waals surface area contributed by atoms with Crippen molar-refractivity contribution in [1.82, 2.24) is 62.9 Å². The fourth-order valence-electron chi connectivity index (χ4n) is 15.0. The number of primary amides is 1. The zero-order chi connectivity index (χ0) is 91.7. The van der Waals surface area contributed by atoms with Crippen LogP contribution < -0.4 is 84.3 Å². The summed E-state index contributed by atoms with van der Waals surface area (Å²) in [5.74, 6) is -16.2. The van der Waals surface area contributed by atoms with Crippen molar-refractivity contribution in [3.05, 3.63) is 180 Å². The van der Waals surface area contributed by atoms with Crippen LogP contribution in [0.25, 0.3) is 17.2 Å². The van der Waals surface area contributed by atoms with E-state index >= 15 is 24.0 Å². The Hall–Kier alpha value is -12.2. The molecule has 0 radical (unpaired) electrons. The van der Waals surface area contributed by atoms with Crippen molar-refractivity contribution in [3.8, 4) is 63.2 Å². The number of aromatic nitrogens is 2. The molecule has 9 amide bonds. The van der Waals surface area contributed by atoms with E-state index in [1.807, 2.05) is 19.9 Å². The van der Waals surface area contributed by atoms with Gasteiger partial charge in [-0.1, -0.05) is 79.0 Å². The van der Waals surface area contributed by atoms with Gasteiger partial charge in [0.25, 0.3) is 5.91 Å². The van der Waals surface area contributed by atoms with Crippen molar-refractivity contribution < 1.29 is 118 Å². The number of carbonyl (C=O) groups excluding carboxylic acids is 9. The zero-order valence-electron chi connectivity index (χ0n) is 68.3. The molecule has 2 fully saturated rings. The van der Waals surface area contributed by atoms with Gasteiger partial charge in [0.2, 0.25) is 59.3 Å². The van der Waals surface area contributed by atoms with Gasteiger partial charge < -0.3 is 128 Å². The maximum absolute atomic E-state index is 16.3. The smallest absolute Gasteiger partial charge is 0.349 e. The molecule has 674 valence electrons. The van der Waals surface area contributed by atoms with Gasteiger partial charge in [-0.25, -0.2) is 10.2 Å². The average molecular weight is 1820 g/mol. The molecule has 22 N–H and O–H groups in total. The number of aliphatic hydroxyl groups excluding tert-OH is 6. The lowest BCUT2D eigenvalue weighted by Gasteiger charge is -2.48. The highest BCUT2D eigenvalue weighted by atomic mass is 35.5. The maximum atomic E-state index is 16.3. The van der Waals surface area contributed by atoms with Crippen LogP contribution in [0.1, 0.15) is 117 Å². The van der Waals surface area contributed by atoms with Crippen molar-refractivity contribution in [2.45, 2.75) is 169 Å². The monoisotopic (exact) mass is 1820 g/mol. The summed E-state index contributed by atoms with van der Waals surface area (Å²) in [5.41, 5.74) is 6.43. The van der Waals surface area contributed by atoms with Crippen molar-refractivity contribution in [1.29, 1.82) is 5.26 Å². The highest BCUT2D eigenvalue weighted by molar-refractivity contribution is 6.32. The van der Waals surface area contributed by atoms with Gasteiger partial charge >= 0.3 is 5.69 Å². The molecule has 18 atom stereocenters. The molecular formula is C84H92Cl3N15O25. The number of halogens is 3. The third kappa shape index (κ3) is 21.9. The fourth-order valence-corrected chi connectivity index (χ4v) is 15.6. The largest absolute Gasteiger partial charge is 0.508 e. The number of hydrazine groups is 1. The Morgan fingerprint density at radius 3 is 2.03 bits per heavy atom. The molecule has 1 aromatic heterocycles. The number of anilines is 1. The van der Waals surface area contributed by atoms with Crippen LogP contribution in [0.5, 0.6) is 46.0 Å². The predicted octanol–water partition coefficient (Wildman–Crippen LogP) is 1.75. The summed E-state index contributed by atoms with van der Waals surface area (Å²) >= 11 is 20.4. The number of carbonyl (C=O) groups is 9. The molecule has 7 aliphatic rings. The summed E-state index contributed by atoms with van der Waals surface area (Å²) < 4.78 is 40.7. The number of nitrogens with two attached hydrogens (primary N) is 1. The third-order valence-corrected chi connectivity index (χ3v) is 22.5. The summed E-state index contributed by atoms with van der Waals surface area (Å²) in [5, 5.41) is 139. The van der Waals surface area contributed by atoms with E-state index in [0.29, 0.717) is 10.6 Å². The summed E-state index contributed by atoms with van der Waals surface area (Å²) in [6, 6.07) is 9.39. The molecule has 11 bridgehead atoms. The minimum absolute atomic E-state index is 0.0377. The molecule has 0 spiro atoms. The molecule has 6 aromatic carbocycles. The second kappa shape index (κ2) is 40.7. The van der Waals surface area contributed by atoms with Crippen LogP contribution in [0.15, 0.2) is 126 Å². The molecule has 0 aliphatic carbocycles. The Bertz CT molecular complexity index is 5490. The number of ether oxygens (including phenoxy) is 6. The Kier molecular flexibility index (Phi) is 30.1. The van der Waals surface area contributed by atoms with Crippen molar-refractivity contribution in [3.63, 3.8) is 0 Å². The third-order valence-electron chi connectivity index (χ3n) is 21.6. The quantitative estimate of drug-likeness (QED) is 0.0246. The number of nitrogens with one attached hydrogen (secondary N) is 11. The second-order valence-electron chi connectivity index (χ2n) is 31.2. The number of likely N-dealkylation sites (N-methyl/N-ethyl adjacent to an activating group) is 1. The number of nitrogens with zero attached hydrogens (tertiary/aromatic N) is 3. The summed E-state index contributed by atoms with van der Waals surface area (Å²) in [6.45, 7) is 5.42. The van der Waals surface area contributed by atoms with Crippen LogP contribution in [0.4, 0.5) is 5.82 Å². The van der Waals surface area contributed by atoms with Crippen LogP contribution in [0, 0.1) is 17.2 Å². The number of fused-ring (bicyclic) bond motifs is 15.